The zero-order valence-electron chi connectivity index (χ0n) is 23.9. The average molecular weight is 628 g/mol. The largest absolute Gasteiger partial charge is 0.485 e. The summed E-state index contributed by atoms with van der Waals surface area (Å²) in [6.07, 6.45) is -0.137. The van der Waals surface area contributed by atoms with E-state index in [2.05, 4.69) is 15.3 Å². The Hall–Kier alpha value is -4.28. The number of benzene rings is 3. The van der Waals surface area contributed by atoms with Gasteiger partial charge in [0.1, 0.15) is 30.7 Å². The second kappa shape index (κ2) is 13.8. The molecule has 12 heteroatoms. The molecule has 2 amide bonds. The van der Waals surface area contributed by atoms with Crippen LogP contribution in [0.2, 0.25) is 10.0 Å². The molecule has 3 aromatic carbocycles. The Labute approximate surface area is 258 Å². The lowest BCUT2D eigenvalue weighted by molar-refractivity contribution is -0.157. The van der Waals surface area contributed by atoms with Gasteiger partial charge in [-0.3, -0.25) is 9.59 Å². The molecule has 4 N–H and O–H groups in total. The van der Waals surface area contributed by atoms with Crippen LogP contribution in [-0.4, -0.2) is 39.4 Å². The molecule has 1 heterocycles. The molecule has 10 nitrogen and oxygen atoms in total. The van der Waals surface area contributed by atoms with E-state index in [1.807, 2.05) is 24.3 Å². The van der Waals surface area contributed by atoms with Crippen LogP contribution in [0, 0.1) is 0 Å². The number of fused-ring (bicyclic) bond motifs is 1. The van der Waals surface area contributed by atoms with Crippen LogP contribution in [-0.2, 0) is 27.5 Å². The lowest BCUT2D eigenvalue weighted by Crippen LogP contribution is -2.44. The van der Waals surface area contributed by atoms with Gasteiger partial charge >= 0.3 is 5.97 Å². The summed E-state index contributed by atoms with van der Waals surface area (Å²) in [7, 11) is 0. The van der Waals surface area contributed by atoms with Crippen molar-refractivity contribution >= 4 is 52.0 Å². The summed E-state index contributed by atoms with van der Waals surface area (Å²) in [5, 5.41) is 3.55. The smallest absolute Gasteiger partial charge is 0.329 e. The molecule has 226 valence electrons. The first-order chi connectivity index (χ1) is 20.4. The number of aromatic amines is 1. The topological polar surface area (TPSA) is 146 Å². The minimum atomic E-state index is -1.10. The number of hydrogen-bond donors (Lipinski definition) is 3. The molecule has 0 bridgehead atoms. The van der Waals surface area contributed by atoms with Crippen LogP contribution in [0.3, 0.4) is 0 Å². The van der Waals surface area contributed by atoms with Crippen LogP contribution in [0.4, 0.5) is 0 Å². The fraction of sp³-hybridized carbons (Fsp3) is 0.290. The average Bonchev–Trinajstić information content (AvgIpc) is 3.36. The normalized spacial score (nSPS) is 12.0. The van der Waals surface area contributed by atoms with Crippen molar-refractivity contribution in [3.05, 3.63) is 87.7 Å². The number of rotatable bonds is 12. The van der Waals surface area contributed by atoms with Crippen molar-refractivity contribution in [3.63, 3.8) is 0 Å². The molecule has 0 radical (unpaired) electrons. The lowest BCUT2D eigenvalue weighted by Gasteiger charge is -2.24. The molecule has 1 atom stereocenters. The Morgan fingerprint density at radius 1 is 0.977 bits per heavy atom. The van der Waals surface area contributed by atoms with Crippen LogP contribution >= 0.6 is 23.2 Å². The number of esters is 1. The molecule has 1 unspecified atom stereocenters. The molecule has 0 aliphatic carbocycles. The van der Waals surface area contributed by atoms with Crippen LogP contribution in [0.1, 0.15) is 55.4 Å². The molecule has 0 saturated carbocycles. The number of imidazole rings is 1. The molecule has 0 aliphatic rings. The number of carbonyl (C=O) groups excluding carboxylic acids is 3. The van der Waals surface area contributed by atoms with Gasteiger partial charge in [0.15, 0.2) is 11.5 Å². The zero-order chi connectivity index (χ0) is 31.1. The molecule has 0 saturated heterocycles. The molecule has 4 aromatic rings. The SMILES string of the molecule is CC(C)(C)OC(=O)C(CCC(N)=O)NC(=O)c1ccc(OCc2nc3ccccc3[nH]2)c(OCc2ccc(Cl)cc2Cl)c1. The first-order valence-electron chi connectivity index (χ1n) is 13.5. The Balaban J connectivity index is 1.57. The lowest BCUT2D eigenvalue weighted by atomic mass is 10.1. The predicted octanol–water partition coefficient (Wildman–Crippen LogP) is 5.73. The van der Waals surface area contributed by atoms with E-state index < -0.39 is 29.4 Å². The number of nitrogens with one attached hydrogen (secondary N) is 2. The number of halogens is 2. The van der Waals surface area contributed by atoms with Gasteiger partial charge in [-0.1, -0.05) is 41.4 Å². The predicted molar refractivity (Wildman–Crippen MR) is 163 cm³/mol. The van der Waals surface area contributed by atoms with Gasteiger partial charge in [-0.25, -0.2) is 9.78 Å². The van der Waals surface area contributed by atoms with Gasteiger partial charge in [0.2, 0.25) is 5.91 Å². The van der Waals surface area contributed by atoms with Gasteiger partial charge < -0.3 is 30.2 Å². The maximum atomic E-state index is 13.3. The third-order valence-corrected chi connectivity index (χ3v) is 6.67. The molecule has 1 aromatic heterocycles. The summed E-state index contributed by atoms with van der Waals surface area (Å²) in [4.78, 5) is 45.2. The maximum absolute atomic E-state index is 13.3. The molecular formula is C31H32Cl2N4O6. The molecule has 0 spiro atoms. The van der Waals surface area contributed by atoms with Gasteiger partial charge in [0, 0.05) is 27.6 Å². The van der Waals surface area contributed by atoms with Crippen molar-refractivity contribution in [2.45, 2.75) is 58.5 Å². The molecule has 0 aliphatic heterocycles. The monoisotopic (exact) mass is 626 g/mol. The number of amides is 2. The summed E-state index contributed by atoms with van der Waals surface area (Å²) in [5.41, 5.74) is 7.01. The highest BCUT2D eigenvalue weighted by Crippen LogP contribution is 2.31. The van der Waals surface area contributed by atoms with Gasteiger partial charge in [-0.2, -0.15) is 0 Å². The molecule has 4 rings (SSSR count). The Morgan fingerprint density at radius 2 is 1.72 bits per heavy atom. The Kier molecular flexibility index (Phi) is 10.2. The number of carbonyl (C=O) groups is 3. The quantitative estimate of drug-likeness (QED) is 0.170. The van der Waals surface area contributed by atoms with Crippen LogP contribution < -0.4 is 20.5 Å². The van der Waals surface area contributed by atoms with Crippen LogP contribution in [0.15, 0.2) is 60.7 Å². The first-order valence-corrected chi connectivity index (χ1v) is 14.2. The van der Waals surface area contributed by atoms with Crippen molar-refractivity contribution in [3.8, 4) is 11.5 Å². The fourth-order valence-electron chi connectivity index (χ4n) is 4.05. The van der Waals surface area contributed by atoms with Gasteiger partial charge in [-0.05, 0) is 69.7 Å². The van der Waals surface area contributed by atoms with Crippen molar-refractivity contribution in [1.29, 1.82) is 0 Å². The van der Waals surface area contributed by atoms with E-state index >= 15 is 0 Å². The summed E-state index contributed by atoms with van der Waals surface area (Å²) >= 11 is 12.4. The van der Waals surface area contributed by atoms with Gasteiger partial charge in [0.05, 0.1) is 11.0 Å². The minimum absolute atomic E-state index is 0.0207. The summed E-state index contributed by atoms with van der Waals surface area (Å²) < 4.78 is 17.5. The van der Waals surface area contributed by atoms with E-state index in [-0.39, 0.29) is 37.4 Å². The van der Waals surface area contributed by atoms with Crippen LogP contribution in [0.5, 0.6) is 11.5 Å². The fourth-order valence-corrected chi connectivity index (χ4v) is 4.51. The van der Waals surface area contributed by atoms with Crippen molar-refractivity contribution in [2.75, 3.05) is 0 Å². The molecular weight excluding hydrogens is 595 g/mol. The van der Waals surface area contributed by atoms with E-state index in [0.29, 0.717) is 27.2 Å². The maximum Gasteiger partial charge on any atom is 0.329 e. The second-order valence-corrected chi connectivity index (χ2v) is 11.6. The van der Waals surface area contributed by atoms with Crippen molar-refractivity contribution < 1.29 is 28.6 Å². The Morgan fingerprint density at radius 3 is 2.42 bits per heavy atom. The number of para-hydroxylation sites is 2. The number of ether oxygens (including phenoxy) is 3. The number of primary amides is 1. The second-order valence-electron chi connectivity index (χ2n) is 10.7. The van der Waals surface area contributed by atoms with E-state index in [0.717, 1.165) is 11.0 Å². The van der Waals surface area contributed by atoms with Crippen molar-refractivity contribution in [2.24, 2.45) is 5.73 Å². The van der Waals surface area contributed by atoms with E-state index in [4.69, 9.17) is 43.1 Å². The van der Waals surface area contributed by atoms with E-state index in [1.54, 1.807) is 45.0 Å². The number of nitrogens with two attached hydrogens (primary N) is 1. The summed E-state index contributed by atoms with van der Waals surface area (Å²) in [6, 6.07) is 16.2. The summed E-state index contributed by atoms with van der Waals surface area (Å²) in [6.45, 7) is 5.28. The highest BCUT2D eigenvalue weighted by molar-refractivity contribution is 6.35. The first kappa shape index (κ1) is 31.7. The van der Waals surface area contributed by atoms with Crippen LogP contribution in [0.25, 0.3) is 11.0 Å². The standard InChI is InChI=1S/C31H32Cl2N4O6/c1-31(2,3)43-30(40)24(11-13-27(34)38)37-29(39)18-9-12-25(42-17-28-35-22-6-4-5-7-23(22)36-28)26(14-18)41-16-19-8-10-20(32)15-21(19)33/h4-10,12,14-15,24H,11,13,16-17H2,1-3H3,(H2,34,38)(H,35,36)(H,37,39). The summed E-state index contributed by atoms with van der Waals surface area (Å²) in [5.74, 6) is -0.671. The van der Waals surface area contributed by atoms with Gasteiger partial charge in [0.25, 0.3) is 5.91 Å². The molecule has 43 heavy (non-hydrogen) atoms. The number of hydrogen-bond acceptors (Lipinski definition) is 7. The van der Waals surface area contributed by atoms with E-state index in [9.17, 15) is 14.4 Å². The number of nitrogens with zero attached hydrogens (tertiary/aromatic N) is 1. The molecule has 0 fully saturated rings. The minimum Gasteiger partial charge on any atom is -0.485 e. The highest BCUT2D eigenvalue weighted by Gasteiger charge is 2.28. The number of aromatic nitrogens is 2. The zero-order valence-corrected chi connectivity index (χ0v) is 25.4. The van der Waals surface area contributed by atoms with Gasteiger partial charge in [-0.15, -0.1) is 0 Å². The third-order valence-electron chi connectivity index (χ3n) is 6.08. The number of H-pyrrole nitrogens is 1. The Bertz CT molecular complexity index is 1600. The van der Waals surface area contributed by atoms with E-state index in [1.165, 1.54) is 12.1 Å². The highest BCUT2D eigenvalue weighted by atomic mass is 35.5. The third kappa shape index (κ3) is 9.10. The van der Waals surface area contributed by atoms with Crippen molar-refractivity contribution in [1.82, 2.24) is 15.3 Å².